The van der Waals surface area contributed by atoms with Gasteiger partial charge in [-0.3, -0.25) is 4.79 Å². The molecule has 0 aliphatic heterocycles. The third-order valence-electron chi connectivity index (χ3n) is 3.40. The Labute approximate surface area is 160 Å². The van der Waals surface area contributed by atoms with Crippen LogP contribution in [0.5, 0.6) is 5.75 Å². The fourth-order valence-electron chi connectivity index (χ4n) is 2.07. The second-order valence-corrected chi connectivity index (χ2v) is 7.56. The molecule has 0 heterocycles. The van der Waals surface area contributed by atoms with E-state index < -0.39 is 34.6 Å². The molecule has 0 spiro atoms. The average Bonchev–Trinajstić information content (AvgIpc) is 2.61. The molecule has 28 heavy (non-hydrogen) atoms. The number of halogens is 3. The molecule has 0 unspecified atom stereocenters. The molecule has 0 atom stereocenters. The summed E-state index contributed by atoms with van der Waals surface area (Å²) in [5.41, 5.74) is 0.884. The lowest BCUT2D eigenvalue weighted by atomic mass is 10.2. The highest BCUT2D eigenvalue weighted by Crippen LogP contribution is 2.23. The van der Waals surface area contributed by atoms with Gasteiger partial charge in [-0.2, -0.15) is 4.31 Å². The normalized spacial score (nSPS) is 12.3. The summed E-state index contributed by atoms with van der Waals surface area (Å²) < 4.78 is 65.3. The highest BCUT2D eigenvalue weighted by Gasteiger charge is 2.31. The molecular formula is C18H17F3N2O4S. The molecule has 6 nitrogen and oxygen atoms in total. The predicted molar refractivity (Wildman–Crippen MR) is 98.8 cm³/mol. The van der Waals surface area contributed by atoms with Gasteiger partial charge in [0.15, 0.2) is 0 Å². The Morgan fingerprint density at radius 3 is 2.29 bits per heavy atom. The van der Waals surface area contributed by atoms with Crippen LogP contribution in [-0.2, 0) is 14.8 Å². The van der Waals surface area contributed by atoms with Crippen LogP contribution in [0.4, 0.5) is 18.9 Å². The quantitative estimate of drug-likeness (QED) is 0.753. The summed E-state index contributed by atoms with van der Waals surface area (Å²) in [7, 11) is -2.59. The number of benzene rings is 2. The molecule has 0 aromatic heterocycles. The molecule has 0 aliphatic rings. The van der Waals surface area contributed by atoms with Crippen LogP contribution in [0.3, 0.4) is 0 Å². The van der Waals surface area contributed by atoms with Gasteiger partial charge in [0.2, 0.25) is 15.9 Å². The molecular weight excluding hydrogens is 397 g/mol. The van der Waals surface area contributed by atoms with E-state index >= 15 is 0 Å². The summed E-state index contributed by atoms with van der Waals surface area (Å²) in [5, 5.41) is 3.39. The molecule has 1 amide bonds. The summed E-state index contributed by atoms with van der Waals surface area (Å²) >= 11 is 0. The molecule has 1 N–H and O–H groups in total. The van der Waals surface area contributed by atoms with Crippen molar-refractivity contribution in [3.05, 3.63) is 65.6 Å². The van der Waals surface area contributed by atoms with Crippen molar-refractivity contribution in [1.29, 1.82) is 0 Å². The van der Waals surface area contributed by atoms with E-state index in [4.69, 9.17) is 0 Å². The second-order valence-electron chi connectivity index (χ2n) is 5.63. The number of likely N-dealkylation sites (N-methyl/N-ethyl adjacent to an activating group) is 1. The van der Waals surface area contributed by atoms with Crippen LogP contribution in [-0.4, -0.2) is 38.6 Å². The summed E-state index contributed by atoms with van der Waals surface area (Å²) in [6, 6.07) is 13.3. The van der Waals surface area contributed by atoms with E-state index in [-0.39, 0.29) is 5.69 Å². The van der Waals surface area contributed by atoms with Crippen LogP contribution >= 0.6 is 0 Å². The number of ether oxygens (including phenoxy) is 1. The molecule has 0 aliphatic carbocycles. The Kier molecular flexibility index (Phi) is 6.81. The van der Waals surface area contributed by atoms with E-state index in [2.05, 4.69) is 10.1 Å². The average molecular weight is 414 g/mol. The Morgan fingerprint density at radius 1 is 1.11 bits per heavy atom. The monoisotopic (exact) mass is 414 g/mol. The number of carbonyl (C=O) groups is 1. The first kappa shape index (κ1) is 21.5. The molecule has 2 aromatic rings. The van der Waals surface area contributed by atoms with Gasteiger partial charge in [-0.1, -0.05) is 30.3 Å². The Hall–Kier alpha value is -2.85. The Bertz CT molecular complexity index is 928. The first-order valence-corrected chi connectivity index (χ1v) is 9.41. The van der Waals surface area contributed by atoms with E-state index in [0.717, 1.165) is 21.8 Å². The molecule has 0 radical (unpaired) electrons. The number of rotatable bonds is 7. The number of sulfonamides is 1. The van der Waals surface area contributed by atoms with Gasteiger partial charge in [0, 0.05) is 18.1 Å². The smallest absolute Gasteiger partial charge is 0.406 e. The maximum atomic E-state index is 12.2. The van der Waals surface area contributed by atoms with Crippen LogP contribution in [0.25, 0.3) is 6.08 Å². The minimum atomic E-state index is -4.81. The number of carbonyl (C=O) groups excluding carboxylic acids is 1. The van der Waals surface area contributed by atoms with Crippen LogP contribution < -0.4 is 10.1 Å². The summed E-state index contributed by atoms with van der Waals surface area (Å²) in [4.78, 5) is 12.0. The second kappa shape index (κ2) is 8.89. The van der Waals surface area contributed by atoms with Gasteiger partial charge < -0.3 is 10.1 Å². The topological polar surface area (TPSA) is 75.7 Å². The minimum absolute atomic E-state index is 0.199. The molecule has 0 saturated heterocycles. The molecule has 10 heteroatoms. The number of nitrogens with zero attached hydrogens (tertiary/aromatic N) is 1. The standard InChI is InChI=1S/C18H17F3N2O4S/c1-23(28(25,26)12-11-14-5-3-2-4-6-14)13-17(24)22-15-7-9-16(10-8-15)27-18(19,20)21/h2-12H,13H2,1H3,(H,22,24)/b12-11+. The number of hydrogen-bond donors (Lipinski definition) is 1. The molecule has 2 rings (SSSR count). The Morgan fingerprint density at radius 2 is 1.71 bits per heavy atom. The lowest BCUT2D eigenvalue weighted by Crippen LogP contribution is -2.33. The number of anilines is 1. The Balaban J connectivity index is 1.93. The lowest BCUT2D eigenvalue weighted by molar-refractivity contribution is -0.274. The fraction of sp³-hybridized carbons (Fsp3) is 0.167. The van der Waals surface area contributed by atoms with Gasteiger partial charge in [-0.25, -0.2) is 8.42 Å². The zero-order chi connectivity index (χ0) is 20.8. The third-order valence-corrected chi connectivity index (χ3v) is 4.88. The van der Waals surface area contributed by atoms with Crippen molar-refractivity contribution in [3.63, 3.8) is 0 Å². The van der Waals surface area contributed by atoms with Crippen molar-refractivity contribution in [2.45, 2.75) is 6.36 Å². The third kappa shape index (κ3) is 7.05. The first-order chi connectivity index (χ1) is 13.0. The van der Waals surface area contributed by atoms with E-state index in [0.29, 0.717) is 5.56 Å². The minimum Gasteiger partial charge on any atom is -0.406 e. The van der Waals surface area contributed by atoms with Crippen molar-refractivity contribution in [3.8, 4) is 5.75 Å². The SMILES string of the molecule is CN(CC(=O)Nc1ccc(OC(F)(F)F)cc1)S(=O)(=O)/C=C/c1ccccc1. The van der Waals surface area contributed by atoms with Crippen LogP contribution in [0.15, 0.2) is 60.0 Å². The zero-order valence-corrected chi connectivity index (χ0v) is 15.5. The highest BCUT2D eigenvalue weighted by atomic mass is 32.2. The molecule has 0 bridgehead atoms. The summed E-state index contributed by atoms with van der Waals surface area (Å²) in [6.45, 7) is -0.470. The molecule has 0 saturated carbocycles. The van der Waals surface area contributed by atoms with Gasteiger partial charge in [-0.15, -0.1) is 13.2 Å². The van der Waals surface area contributed by atoms with Crippen molar-refractivity contribution < 1.29 is 31.1 Å². The van der Waals surface area contributed by atoms with Gasteiger partial charge in [0.25, 0.3) is 0 Å². The molecule has 150 valence electrons. The van der Waals surface area contributed by atoms with Gasteiger partial charge in [0.05, 0.1) is 6.54 Å². The van der Waals surface area contributed by atoms with E-state index in [1.165, 1.54) is 25.3 Å². The summed E-state index contributed by atoms with van der Waals surface area (Å²) in [6.07, 6.45) is -3.40. The van der Waals surface area contributed by atoms with Crippen molar-refractivity contribution >= 4 is 27.7 Å². The van der Waals surface area contributed by atoms with Crippen molar-refractivity contribution in [2.75, 3.05) is 18.9 Å². The maximum Gasteiger partial charge on any atom is 0.573 e. The van der Waals surface area contributed by atoms with Gasteiger partial charge in [-0.05, 0) is 35.9 Å². The summed E-state index contributed by atoms with van der Waals surface area (Å²) in [5.74, 6) is -1.08. The lowest BCUT2D eigenvalue weighted by Gasteiger charge is -2.15. The molecule has 2 aromatic carbocycles. The number of alkyl halides is 3. The number of hydrogen-bond acceptors (Lipinski definition) is 4. The maximum absolute atomic E-state index is 12.2. The van der Waals surface area contributed by atoms with E-state index in [9.17, 15) is 26.4 Å². The highest BCUT2D eigenvalue weighted by molar-refractivity contribution is 7.92. The van der Waals surface area contributed by atoms with E-state index in [1.807, 2.05) is 0 Å². The largest absolute Gasteiger partial charge is 0.573 e. The number of amides is 1. The zero-order valence-electron chi connectivity index (χ0n) is 14.7. The van der Waals surface area contributed by atoms with Crippen molar-refractivity contribution in [1.82, 2.24) is 4.31 Å². The predicted octanol–water partition coefficient (Wildman–Crippen LogP) is 3.46. The number of nitrogens with one attached hydrogen (secondary N) is 1. The van der Waals surface area contributed by atoms with Crippen LogP contribution in [0.1, 0.15) is 5.56 Å². The van der Waals surface area contributed by atoms with Crippen LogP contribution in [0, 0.1) is 0 Å². The van der Waals surface area contributed by atoms with Gasteiger partial charge >= 0.3 is 6.36 Å². The first-order valence-electron chi connectivity index (χ1n) is 7.90. The fourth-order valence-corrected chi connectivity index (χ4v) is 2.90. The molecule has 0 fully saturated rings. The van der Waals surface area contributed by atoms with Crippen LogP contribution in [0.2, 0.25) is 0 Å². The van der Waals surface area contributed by atoms with Gasteiger partial charge in [0.1, 0.15) is 5.75 Å². The van der Waals surface area contributed by atoms with Crippen molar-refractivity contribution in [2.24, 2.45) is 0 Å². The van der Waals surface area contributed by atoms with E-state index in [1.54, 1.807) is 30.3 Å².